The Kier molecular flexibility index (Phi) is 7.76. The number of carbonyl (C=O) groups is 2. The van der Waals surface area contributed by atoms with Crippen molar-refractivity contribution >= 4 is 40.8 Å². The summed E-state index contributed by atoms with van der Waals surface area (Å²) >= 11 is 12.7. The lowest BCUT2D eigenvalue weighted by molar-refractivity contribution is -0.123. The number of nitriles is 1. The van der Waals surface area contributed by atoms with Crippen LogP contribution in [-0.4, -0.2) is 29.4 Å². The molecule has 6 rings (SSSR count). The van der Waals surface area contributed by atoms with Crippen molar-refractivity contribution in [3.05, 3.63) is 123 Å². The predicted molar refractivity (Wildman–Crippen MR) is 160 cm³/mol. The Morgan fingerprint density at radius 2 is 1.81 bits per heavy atom. The molecule has 212 valence electrons. The number of urea groups is 1. The highest BCUT2D eigenvalue weighted by molar-refractivity contribution is 6.31. The van der Waals surface area contributed by atoms with Crippen molar-refractivity contribution in [2.45, 2.75) is 30.7 Å². The molecule has 3 aromatic carbocycles. The summed E-state index contributed by atoms with van der Waals surface area (Å²) in [5, 5.41) is 16.6. The first-order chi connectivity index (χ1) is 20.3. The zero-order valence-electron chi connectivity index (χ0n) is 22.4. The normalized spacial score (nSPS) is 25.0. The first-order valence-corrected chi connectivity index (χ1v) is 14.5. The van der Waals surface area contributed by atoms with E-state index in [2.05, 4.69) is 16.7 Å². The van der Waals surface area contributed by atoms with E-state index in [1.807, 2.05) is 30.3 Å². The van der Waals surface area contributed by atoms with Gasteiger partial charge in [-0.15, -0.1) is 0 Å². The zero-order valence-corrected chi connectivity index (χ0v) is 23.9. The molecule has 9 heteroatoms. The highest BCUT2D eigenvalue weighted by Gasteiger charge is 2.53. The second-order valence-electron chi connectivity index (χ2n) is 10.9. The molecule has 5 atom stereocenters. The van der Waals surface area contributed by atoms with Crippen molar-refractivity contribution in [1.29, 1.82) is 5.26 Å². The van der Waals surface area contributed by atoms with Crippen LogP contribution < -0.4 is 10.6 Å². The van der Waals surface area contributed by atoms with Crippen molar-refractivity contribution < 1.29 is 14.0 Å². The lowest BCUT2D eigenvalue weighted by atomic mass is 9.64. The van der Waals surface area contributed by atoms with Gasteiger partial charge in [0.25, 0.3) is 0 Å². The summed E-state index contributed by atoms with van der Waals surface area (Å²) in [6.45, 7) is 0.361. The first kappa shape index (κ1) is 28.0. The average Bonchev–Trinajstić information content (AvgIpc) is 3.10. The summed E-state index contributed by atoms with van der Waals surface area (Å²) < 4.78 is 14.6. The van der Waals surface area contributed by atoms with Crippen molar-refractivity contribution in [3.8, 4) is 6.07 Å². The van der Waals surface area contributed by atoms with Gasteiger partial charge in [0.05, 0.1) is 23.6 Å². The van der Waals surface area contributed by atoms with Gasteiger partial charge in [0, 0.05) is 33.9 Å². The van der Waals surface area contributed by atoms with Crippen molar-refractivity contribution in [3.63, 3.8) is 0 Å². The van der Waals surface area contributed by atoms with Gasteiger partial charge in [0.2, 0.25) is 5.91 Å². The van der Waals surface area contributed by atoms with Gasteiger partial charge >= 0.3 is 6.03 Å². The minimum atomic E-state index is -0.859. The largest absolute Gasteiger partial charge is 0.329 e. The number of piperidine rings is 1. The van der Waals surface area contributed by atoms with E-state index >= 15 is 0 Å². The fourth-order valence-corrected chi connectivity index (χ4v) is 7.11. The number of carbonyl (C=O) groups excluding carboxylic acids is 2. The number of halogens is 3. The van der Waals surface area contributed by atoms with Crippen LogP contribution in [0.25, 0.3) is 0 Å². The maximum Gasteiger partial charge on any atom is 0.322 e. The first-order valence-electron chi connectivity index (χ1n) is 13.8. The molecule has 2 heterocycles. The number of hydrogen-bond acceptors (Lipinski definition) is 3. The summed E-state index contributed by atoms with van der Waals surface area (Å²) in [6.07, 6.45) is 4.93. The summed E-state index contributed by atoms with van der Waals surface area (Å²) in [6, 6.07) is 21.5. The Morgan fingerprint density at radius 3 is 2.57 bits per heavy atom. The van der Waals surface area contributed by atoms with Gasteiger partial charge in [0.15, 0.2) is 0 Å². The van der Waals surface area contributed by atoms with Crippen LogP contribution in [-0.2, 0) is 4.79 Å². The van der Waals surface area contributed by atoms with E-state index in [1.54, 1.807) is 47.4 Å². The number of fused-ring (bicyclic) bond motifs is 3. The molecule has 6 nitrogen and oxygen atoms in total. The Morgan fingerprint density at radius 1 is 1.02 bits per heavy atom. The molecule has 0 aromatic heterocycles. The Bertz CT molecular complexity index is 1650. The monoisotopic (exact) mass is 600 g/mol. The topological polar surface area (TPSA) is 85.2 Å². The maximum atomic E-state index is 14.6. The molecule has 2 saturated heterocycles. The number of allylic oxidation sites excluding steroid dienone is 4. The van der Waals surface area contributed by atoms with Crippen molar-refractivity contribution in [1.82, 2.24) is 10.2 Å². The maximum absolute atomic E-state index is 14.6. The highest BCUT2D eigenvalue weighted by Crippen LogP contribution is 2.51. The quantitative estimate of drug-likeness (QED) is 0.331. The van der Waals surface area contributed by atoms with Gasteiger partial charge in [-0.2, -0.15) is 5.26 Å². The van der Waals surface area contributed by atoms with E-state index in [4.69, 9.17) is 23.2 Å². The van der Waals surface area contributed by atoms with E-state index in [1.165, 1.54) is 12.1 Å². The van der Waals surface area contributed by atoms with Gasteiger partial charge in [-0.1, -0.05) is 59.6 Å². The Labute approximate surface area is 253 Å². The standard InChI is InChI=1S/C33H27Cl2FN4O2/c34-22-9-7-20(8-10-22)26-13-14-40(33(42)38-25-6-1-3-19(15-25)18-37)31-29(21-4-2-5-24(36)16-21)32(41)39-28-17-23(35)11-12-27(28)30(26)31/h1-11,15-17,26-27,29-31H,12-14H2,(H,38,42)(H,39,41)/t26-,27?,29-,30-,31?/m1/s1. The van der Waals surface area contributed by atoms with Crippen LogP contribution in [0.3, 0.4) is 0 Å². The Balaban J connectivity index is 1.50. The summed E-state index contributed by atoms with van der Waals surface area (Å²) in [4.78, 5) is 29.9. The molecule has 3 aliphatic rings. The molecule has 0 spiro atoms. The van der Waals surface area contributed by atoms with Gasteiger partial charge in [-0.3, -0.25) is 4.79 Å². The fourth-order valence-electron chi connectivity index (χ4n) is 6.78. The third-order valence-corrected chi connectivity index (χ3v) is 9.04. The highest BCUT2D eigenvalue weighted by atomic mass is 35.5. The van der Waals surface area contributed by atoms with Crippen molar-refractivity contribution in [2.75, 3.05) is 11.9 Å². The van der Waals surface area contributed by atoms with Gasteiger partial charge < -0.3 is 15.5 Å². The lowest BCUT2D eigenvalue weighted by Crippen LogP contribution is -2.57. The van der Waals surface area contributed by atoms with Crippen LogP contribution in [0.4, 0.5) is 14.9 Å². The van der Waals surface area contributed by atoms with E-state index in [0.29, 0.717) is 52.0 Å². The minimum Gasteiger partial charge on any atom is -0.329 e. The fraction of sp³-hybridized carbons (Fsp3) is 0.242. The zero-order chi connectivity index (χ0) is 29.4. The van der Waals surface area contributed by atoms with Crippen LogP contribution in [0, 0.1) is 29.0 Å². The summed E-state index contributed by atoms with van der Waals surface area (Å²) in [7, 11) is 0. The second-order valence-corrected chi connectivity index (χ2v) is 11.8. The molecule has 0 radical (unpaired) electrons. The molecular weight excluding hydrogens is 574 g/mol. The van der Waals surface area contributed by atoms with Crippen LogP contribution in [0.5, 0.6) is 0 Å². The van der Waals surface area contributed by atoms with Crippen LogP contribution in [0.1, 0.15) is 41.4 Å². The molecule has 2 aliphatic heterocycles. The van der Waals surface area contributed by atoms with Crippen LogP contribution in [0.2, 0.25) is 5.02 Å². The van der Waals surface area contributed by atoms with Crippen LogP contribution >= 0.6 is 23.2 Å². The molecule has 3 amide bonds. The number of benzene rings is 3. The van der Waals surface area contributed by atoms with E-state index in [0.717, 1.165) is 5.56 Å². The average molecular weight is 602 g/mol. The Hall–Kier alpha value is -4.12. The number of rotatable bonds is 3. The number of nitrogens with zero attached hydrogens (tertiary/aromatic N) is 2. The SMILES string of the molecule is N#Cc1cccc(NC(=O)N2CC[C@H](c3ccc(Cl)cc3)[C@@H]3C4CC=C(Cl)C=C4NC(=O)[C@H](c4cccc(F)c4)C32)c1. The lowest BCUT2D eigenvalue weighted by Gasteiger charge is -2.49. The number of amides is 3. The number of nitrogens with one attached hydrogen (secondary N) is 2. The number of hydrogen-bond donors (Lipinski definition) is 2. The smallest absolute Gasteiger partial charge is 0.322 e. The van der Waals surface area contributed by atoms with Gasteiger partial charge in [-0.05, 0) is 84.3 Å². The van der Waals surface area contributed by atoms with Gasteiger partial charge in [-0.25, -0.2) is 9.18 Å². The minimum absolute atomic E-state index is 0.0272. The molecule has 3 aromatic rings. The van der Waals surface area contributed by atoms with E-state index < -0.39 is 17.8 Å². The van der Waals surface area contributed by atoms with Crippen molar-refractivity contribution in [2.24, 2.45) is 11.8 Å². The second kappa shape index (κ2) is 11.6. The number of likely N-dealkylation sites (tertiary alicyclic amines) is 1. The third-order valence-electron chi connectivity index (χ3n) is 8.53. The molecular formula is C33H27Cl2FN4O2. The molecule has 0 saturated carbocycles. The molecule has 42 heavy (non-hydrogen) atoms. The predicted octanol–water partition coefficient (Wildman–Crippen LogP) is 7.30. The molecule has 2 unspecified atom stereocenters. The van der Waals surface area contributed by atoms with E-state index in [9.17, 15) is 19.2 Å². The molecule has 2 fully saturated rings. The summed E-state index contributed by atoms with van der Waals surface area (Å²) in [5.74, 6) is -2.05. The van der Waals surface area contributed by atoms with Gasteiger partial charge in [0.1, 0.15) is 5.82 Å². The summed E-state index contributed by atoms with van der Waals surface area (Å²) in [5.41, 5.74) is 3.14. The third kappa shape index (κ3) is 5.40. The van der Waals surface area contributed by atoms with Crippen LogP contribution in [0.15, 0.2) is 95.7 Å². The molecule has 0 bridgehead atoms. The van der Waals surface area contributed by atoms with E-state index in [-0.39, 0.29) is 29.7 Å². The molecule has 2 N–H and O–H groups in total. The molecule has 1 aliphatic carbocycles. The number of anilines is 1.